The highest BCUT2D eigenvalue weighted by atomic mass is 79.9. The number of hydrogen-bond acceptors (Lipinski definition) is 3. The van der Waals surface area contributed by atoms with Crippen molar-refractivity contribution in [2.24, 2.45) is 0 Å². The van der Waals surface area contributed by atoms with E-state index < -0.39 is 23.7 Å². The Morgan fingerprint density at radius 3 is 2.44 bits per heavy atom. The fraction of sp³-hybridized carbons (Fsp3) is 0.600. The van der Waals surface area contributed by atoms with E-state index in [4.69, 9.17) is 9.84 Å². The van der Waals surface area contributed by atoms with Crippen LogP contribution in [0.1, 0.15) is 27.2 Å². The Bertz CT molecular complexity index is 324. The lowest BCUT2D eigenvalue weighted by atomic mass is 10.2. The molecule has 1 amide bonds. The highest BCUT2D eigenvalue weighted by Crippen LogP contribution is 2.07. The maximum absolute atomic E-state index is 11.3. The van der Waals surface area contributed by atoms with Gasteiger partial charge in [0.2, 0.25) is 0 Å². The lowest BCUT2D eigenvalue weighted by Crippen LogP contribution is -2.43. The summed E-state index contributed by atoms with van der Waals surface area (Å²) in [5.41, 5.74) is -0.658. The second kappa shape index (κ2) is 6.38. The van der Waals surface area contributed by atoms with Crippen LogP contribution in [0.4, 0.5) is 4.79 Å². The molecular formula is C10H14BrNO4. The number of alkyl carbamates (subject to hydrolysis) is 1. The molecule has 16 heavy (non-hydrogen) atoms. The predicted molar refractivity (Wildman–Crippen MR) is 62.1 cm³/mol. The molecule has 6 heteroatoms. The van der Waals surface area contributed by atoms with Gasteiger partial charge in [0.1, 0.15) is 11.6 Å². The van der Waals surface area contributed by atoms with E-state index in [0.717, 1.165) is 0 Å². The van der Waals surface area contributed by atoms with Crippen LogP contribution < -0.4 is 5.32 Å². The summed E-state index contributed by atoms with van der Waals surface area (Å²) in [6.45, 7) is 5.09. The number of amides is 1. The Kier molecular flexibility index (Phi) is 5.89. The van der Waals surface area contributed by atoms with E-state index in [-0.39, 0.29) is 6.42 Å². The predicted octanol–water partition coefficient (Wildman–Crippen LogP) is 1.71. The molecule has 0 aromatic rings. The Hall–Kier alpha value is -1.22. The lowest BCUT2D eigenvalue weighted by Gasteiger charge is -2.21. The summed E-state index contributed by atoms with van der Waals surface area (Å²) >= 11 is 2.84. The summed E-state index contributed by atoms with van der Waals surface area (Å²) < 4.78 is 4.93. The molecule has 2 N–H and O–H groups in total. The van der Waals surface area contributed by atoms with E-state index in [0.29, 0.717) is 0 Å². The molecule has 0 radical (unpaired) electrons. The van der Waals surface area contributed by atoms with Crippen molar-refractivity contribution in [3.8, 4) is 10.8 Å². The minimum atomic E-state index is -1.15. The Labute approximate surface area is 103 Å². The molecule has 0 aliphatic heterocycles. The first-order valence-corrected chi connectivity index (χ1v) is 5.36. The number of ether oxygens (including phenoxy) is 1. The zero-order chi connectivity index (χ0) is 12.8. The molecular weight excluding hydrogens is 278 g/mol. The maximum atomic E-state index is 11.3. The van der Waals surface area contributed by atoms with Gasteiger partial charge in [-0.1, -0.05) is 5.92 Å². The molecule has 0 saturated heterocycles. The van der Waals surface area contributed by atoms with E-state index in [9.17, 15) is 9.59 Å². The summed E-state index contributed by atoms with van der Waals surface area (Å²) in [5, 5.41) is 11.0. The third-order valence-electron chi connectivity index (χ3n) is 1.36. The lowest BCUT2D eigenvalue weighted by molar-refractivity contribution is -0.139. The molecule has 0 rings (SSSR count). The summed E-state index contributed by atoms with van der Waals surface area (Å²) in [4.78, 5) is 24.4. The molecule has 0 saturated carbocycles. The van der Waals surface area contributed by atoms with Gasteiger partial charge in [0, 0.05) is 22.4 Å². The number of carboxylic acids is 1. The standard InChI is InChI=1S/C10H14BrNO4/c1-10(2,3)16-9(15)12-7(8(13)14)5-4-6-11/h7H,5H2,1-3H3,(H,12,15)(H,13,14). The summed E-state index contributed by atoms with van der Waals surface area (Å²) in [6.07, 6.45) is -0.754. The largest absolute Gasteiger partial charge is 0.480 e. The average molecular weight is 292 g/mol. The summed E-state index contributed by atoms with van der Waals surface area (Å²) in [5.74, 6) is 1.36. The first kappa shape index (κ1) is 14.8. The molecule has 1 unspecified atom stereocenters. The van der Waals surface area contributed by atoms with E-state index in [1.165, 1.54) is 0 Å². The van der Waals surface area contributed by atoms with Gasteiger partial charge in [-0.2, -0.15) is 0 Å². The Morgan fingerprint density at radius 2 is 2.06 bits per heavy atom. The SMILES string of the molecule is CC(C)(C)OC(=O)NC(CC#CBr)C(=O)O. The minimum absolute atomic E-state index is 0.0137. The van der Waals surface area contributed by atoms with Crippen molar-refractivity contribution in [3.05, 3.63) is 0 Å². The number of hydrogen-bond donors (Lipinski definition) is 2. The van der Waals surface area contributed by atoms with Crippen molar-refractivity contribution >= 4 is 28.0 Å². The molecule has 0 heterocycles. The smallest absolute Gasteiger partial charge is 0.408 e. The molecule has 0 spiro atoms. The molecule has 5 nitrogen and oxygen atoms in total. The van der Waals surface area contributed by atoms with Gasteiger partial charge in [0.25, 0.3) is 0 Å². The fourth-order valence-corrected chi connectivity index (χ4v) is 0.952. The van der Waals surface area contributed by atoms with Crippen molar-refractivity contribution in [3.63, 3.8) is 0 Å². The first-order valence-electron chi connectivity index (χ1n) is 4.57. The van der Waals surface area contributed by atoms with Crippen molar-refractivity contribution in [2.75, 3.05) is 0 Å². The third kappa shape index (κ3) is 7.12. The highest BCUT2D eigenvalue weighted by Gasteiger charge is 2.22. The van der Waals surface area contributed by atoms with Gasteiger partial charge in [0.05, 0.1) is 0 Å². The van der Waals surface area contributed by atoms with Crippen molar-refractivity contribution < 1.29 is 19.4 Å². The maximum Gasteiger partial charge on any atom is 0.408 e. The van der Waals surface area contributed by atoms with Crippen LogP contribution in [0.2, 0.25) is 0 Å². The molecule has 0 aliphatic rings. The van der Waals surface area contributed by atoms with Gasteiger partial charge in [-0.3, -0.25) is 0 Å². The topological polar surface area (TPSA) is 75.6 Å². The van der Waals surface area contributed by atoms with Gasteiger partial charge >= 0.3 is 12.1 Å². The highest BCUT2D eigenvalue weighted by molar-refractivity contribution is 9.12. The zero-order valence-corrected chi connectivity index (χ0v) is 10.9. The van der Waals surface area contributed by atoms with Gasteiger partial charge in [-0.25, -0.2) is 9.59 Å². The van der Waals surface area contributed by atoms with Crippen LogP contribution in [0.25, 0.3) is 0 Å². The van der Waals surface area contributed by atoms with Crippen LogP contribution in [0.5, 0.6) is 0 Å². The molecule has 1 atom stereocenters. The molecule has 0 fully saturated rings. The molecule has 90 valence electrons. The monoisotopic (exact) mass is 291 g/mol. The van der Waals surface area contributed by atoms with Crippen LogP contribution in [0, 0.1) is 10.8 Å². The average Bonchev–Trinajstić information content (AvgIpc) is 2.08. The van der Waals surface area contributed by atoms with Crippen LogP contribution in [0.3, 0.4) is 0 Å². The quantitative estimate of drug-likeness (QED) is 0.776. The second-order valence-electron chi connectivity index (χ2n) is 4.01. The van der Waals surface area contributed by atoms with E-state index in [1.54, 1.807) is 20.8 Å². The number of carbonyl (C=O) groups is 2. The fourth-order valence-electron chi connectivity index (χ4n) is 0.791. The molecule has 0 aromatic carbocycles. The first-order chi connectivity index (χ1) is 7.26. The second-order valence-corrected chi connectivity index (χ2v) is 4.41. The number of nitrogens with one attached hydrogen (secondary N) is 1. The van der Waals surface area contributed by atoms with E-state index in [2.05, 4.69) is 32.0 Å². The number of carbonyl (C=O) groups excluding carboxylic acids is 1. The number of halogens is 1. The Morgan fingerprint density at radius 1 is 1.50 bits per heavy atom. The summed E-state index contributed by atoms with van der Waals surface area (Å²) in [7, 11) is 0. The van der Waals surface area contributed by atoms with Crippen molar-refractivity contribution in [1.29, 1.82) is 0 Å². The Balaban J connectivity index is 4.33. The molecule has 0 aromatic heterocycles. The summed E-state index contributed by atoms with van der Waals surface area (Å²) in [6, 6.07) is -1.07. The number of aliphatic carboxylic acids is 1. The van der Waals surface area contributed by atoms with Gasteiger partial charge in [0.15, 0.2) is 0 Å². The molecule has 0 bridgehead atoms. The van der Waals surface area contributed by atoms with Gasteiger partial charge in [-0.15, -0.1) is 0 Å². The van der Waals surface area contributed by atoms with Crippen LogP contribution >= 0.6 is 15.9 Å². The minimum Gasteiger partial charge on any atom is -0.480 e. The molecule has 0 aliphatic carbocycles. The van der Waals surface area contributed by atoms with Crippen LogP contribution in [-0.4, -0.2) is 28.8 Å². The van der Waals surface area contributed by atoms with E-state index >= 15 is 0 Å². The number of rotatable bonds is 3. The van der Waals surface area contributed by atoms with Gasteiger partial charge < -0.3 is 15.2 Å². The van der Waals surface area contributed by atoms with Crippen molar-refractivity contribution in [2.45, 2.75) is 38.8 Å². The van der Waals surface area contributed by atoms with Crippen molar-refractivity contribution in [1.82, 2.24) is 5.32 Å². The van der Waals surface area contributed by atoms with Crippen LogP contribution in [-0.2, 0) is 9.53 Å². The number of carboxylic acid groups (broad SMARTS) is 1. The normalized spacial score (nSPS) is 12.0. The van der Waals surface area contributed by atoms with E-state index in [1.807, 2.05) is 0 Å². The zero-order valence-electron chi connectivity index (χ0n) is 9.33. The van der Waals surface area contributed by atoms with Gasteiger partial charge in [-0.05, 0) is 25.6 Å². The third-order valence-corrected chi connectivity index (χ3v) is 1.64. The van der Waals surface area contributed by atoms with Crippen LogP contribution in [0.15, 0.2) is 0 Å².